The average molecular weight is 452 g/mol. The number of aryl methyl sites for hydroxylation is 2. The zero-order valence-electron chi connectivity index (χ0n) is 14.2. The van der Waals surface area contributed by atoms with Crippen molar-refractivity contribution in [3.05, 3.63) is 67.9 Å². The number of nitrogens with zero attached hydrogens (tertiary/aromatic N) is 1. The Hall–Kier alpha value is -1.76. The Bertz CT molecular complexity index is 1070. The number of benzene rings is 2. The quantitative estimate of drug-likeness (QED) is 0.568. The number of anilines is 1. The van der Waals surface area contributed by atoms with Crippen LogP contribution in [0.4, 0.5) is 5.69 Å². The summed E-state index contributed by atoms with van der Waals surface area (Å²) in [5.41, 5.74) is 2.49. The predicted molar refractivity (Wildman–Crippen MR) is 112 cm³/mol. The van der Waals surface area contributed by atoms with Crippen molar-refractivity contribution < 1.29 is 4.79 Å². The molecule has 0 atom stereocenters. The zero-order chi connectivity index (χ0) is 18.8. The highest BCUT2D eigenvalue weighted by atomic mass is 79.9. The van der Waals surface area contributed by atoms with Gasteiger partial charge in [0.2, 0.25) is 5.91 Å². The van der Waals surface area contributed by atoms with Gasteiger partial charge in [0.05, 0.1) is 17.0 Å². The van der Waals surface area contributed by atoms with Gasteiger partial charge < -0.3 is 9.88 Å². The summed E-state index contributed by atoms with van der Waals surface area (Å²) in [6.07, 6.45) is 0. The van der Waals surface area contributed by atoms with Crippen LogP contribution in [-0.2, 0) is 11.8 Å². The van der Waals surface area contributed by atoms with Crippen LogP contribution in [0.25, 0.3) is 10.9 Å². The Labute approximate surface area is 168 Å². The molecule has 134 valence electrons. The first-order valence-corrected chi connectivity index (χ1v) is 9.99. The molecule has 0 radical (unpaired) electrons. The summed E-state index contributed by atoms with van der Waals surface area (Å²) in [4.78, 5) is 25.2. The number of aromatic nitrogens is 1. The van der Waals surface area contributed by atoms with Crippen molar-refractivity contribution in [2.45, 2.75) is 11.8 Å². The molecule has 0 aliphatic carbocycles. The van der Waals surface area contributed by atoms with Crippen LogP contribution >= 0.6 is 39.3 Å². The maximum absolute atomic E-state index is 12.3. The minimum absolute atomic E-state index is 0.121. The Kier molecular flexibility index (Phi) is 5.75. The summed E-state index contributed by atoms with van der Waals surface area (Å²) in [6.45, 7) is 1.98. The Balaban J connectivity index is 1.81. The fourth-order valence-corrected chi connectivity index (χ4v) is 4.20. The maximum atomic E-state index is 12.3. The van der Waals surface area contributed by atoms with Crippen molar-refractivity contribution in [2.24, 2.45) is 7.05 Å². The number of pyridine rings is 1. The normalized spacial score (nSPS) is 10.9. The maximum Gasteiger partial charge on any atom is 0.251 e. The molecular weight excluding hydrogens is 436 g/mol. The number of amides is 1. The molecular formula is C19H16BrClN2O2S. The fraction of sp³-hybridized carbons (Fsp3) is 0.158. The molecule has 0 aliphatic rings. The van der Waals surface area contributed by atoms with E-state index in [0.717, 1.165) is 31.5 Å². The molecule has 0 saturated heterocycles. The van der Waals surface area contributed by atoms with E-state index in [0.29, 0.717) is 5.02 Å². The lowest BCUT2D eigenvalue weighted by molar-refractivity contribution is -0.113. The van der Waals surface area contributed by atoms with Crippen molar-refractivity contribution >= 4 is 61.8 Å². The van der Waals surface area contributed by atoms with Gasteiger partial charge in [-0.15, -0.1) is 11.8 Å². The van der Waals surface area contributed by atoms with E-state index in [4.69, 9.17) is 11.6 Å². The summed E-state index contributed by atoms with van der Waals surface area (Å²) in [5, 5.41) is 4.32. The number of halogens is 2. The SMILES string of the molecule is Cc1ccc(NC(=O)CSc2cc(=O)n(C)c3ccc(Cl)cc23)c(Br)c1. The average Bonchev–Trinajstić information content (AvgIpc) is 2.59. The molecule has 7 heteroatoms. The fourth-order valence-electron chi connectivity index (χ4n) is 2.57. The van der Waals surface area contributed by atoms with Crippen molar-refractivity contribution in [1.29, 1.82) is 0 Å². The molecule has 0 bridgehead atoms. The first kappa shape index (κ1) is 19.0. The molecule has 2 aromatic carbocycles. The molecule has 26 heavy (non-hydrogen) atoms. The number of carbonyl (C=O) groups is 1. The lowest BCUT2D eigenvalue weighted by Crippen LogP contribution is -2.17. The highest BCUT2D eigenvalue weighted by Gasteiger charge is 2.11. The molecule has 3 aromatic rings. The molecule has 1 heterocycles. The number of hydrogen-bond acceptors (Lipinski definition) is 3. The van der Waals surface area contributed by atoms with E-state index in [1.807, 2.05) is 37.3 Å². The van der Waals surface area contributed by atoms with E-state index in [9.17, 15) is 9.59 Å². The third kappa shape index (κ3) is 4.14. The number of hydrogen-bond donors (Lipinski definition) is 1. The molecule has 3 rings (SSSR count). The molecule has 0 fully saturated rings. The van der Waals surface area contributed by atoms with Gasteiger partial charge in [0, 0.05) is 32.9 Å². The van der Waals surface area contributed by atoms with Crippen molar-refractivity contribution in [3.63, 3.8) is 0 Å². The van der Waals surface area contributed by atoms with Crippen LogP contribution in [0.2, 0.25) is 5.02 Å². The Morgan fingerprint density at radius 1 is 1.23 bits per heavy atom. The van der Waals surface area contributed by atoms with E-state index in [-0.39, 0.29) is 17.2 Å². The van der Waals surface area contributed by atoms with Crippen molar-refractivity contribution in [3.8, 4) is 0 Å². The molecule has 1 aromatic heterocycles. The van der Waals surface area contributed by atoms with E-state index in [1.54, 1.807) is 23.7 Å². The summed E-state index contributed by atoms with van der Waals surface area (Å²) in [7, 11) is 1.72. The molecule has 0 aliphatic heterocycles. The number of carbonyl (C=O) groups excluding carboxylic acids is 1. The summed E-state index contributed by atoms with van der Waals surface area (Å²) in [5.74, 6) is 0.0464. The van der Waals surface area contributed by atoms with Gasteiger partial charge in [0.1, 0.15) is 0 Å². The minimum atomic E-state index is -0.143. The predicted octanol–water partition coefficient (Wildman–Crippen LogP) is 4.99. The minimum Gasteiger partial charge on any atom is -0.324 e. The van der Waals surface area contributed by atoms with Gasteiger partial charge >= 0.3 is 0 Å². The second kappa shape index (κ2) is 7.86. The zero-order valence-corrected chi connectivity index (χ0v) is 17.3. The summed E-state index contributed by atoms with van der Waals surface area (Å²) >= 11 is 10.9. The molecule has 1 N–H and O–H groups in total. The van der Waals surface area contributed by atoms with Gasteiger partial charge in [0.15, 0.2) is 0 Å². The van der Waals surface area contributed by atoms with E-state index < -0.39 is 0 Å². The lowest BCUT2D eigenvalue weighted by atomic mass is 10.2. The van der Waals surface area contributed by atoms with Crippen LogP contribution in [0.3, 0.4) is 0 Å². The largest absolute Gasteiger partial charge is 0.324 e. The number of thioether (sulfide) groups is 1. The lowest BCUT2D eigenvalue weighted by Gasteiger charge is -2.11. The number of nitrogens with one attached hydrogen (secondary N) is 1. The van der Waals surface area contributed by atoms with Gasteiger partial charge in [-0.2, -0.15) is 0 Å². The van der Waals surface area contributed by atoms with Crippen LogP contribution in [0.15, 0.2) is 56.6 Å². The van der Waals surface area contributed by atoms with Gasteiger partial charge in [-0.05, 0) is 58.7 Å². The van der Waals surface area contributed by atoms with Gasteiger partial charge in [-0.25, -0.2) is 0 Å². The number of rotatable bonds is 4. The second-order valence-electron chi connectivity index (χ2n) is 5.89. The first-order chi connectivity index (χ1) is 12.3. The molecule has 0 saturated carbocycles. The number of fused-ring (bicyclic) bond motifs is 1. The van der Waals surface area contributed by atoms with Gasteiger partial charge in [-0.3, -0.25) is 9.59 Å². The molecule has 0 unspecified atom stereocenters. The molecule has 0 spiro atoms. The molecule has 1 amide bonds. The standard InChI is InChI=1S/C19H16BrClN2O2S/c1-11-3-5-15(14(20)7-11)22-18(24)10-26-17-9-19(25)23(2)16-6-4-12(21)8-13(16)17/h3-9H,10H2,1-2H3,(H,22,24). The third-order valence-corrected chi connectivity index (χ3v) is 5.87. The van der Waals surface area contributed by atoms with Gasteiger partial charge in [0.25, 0.3) is 5.56 Å². The van der Waals surface area contributed by atoms with Gasteiger partial charge in [-0.1, -0.05) is 17.7 Å². The highest BCUT2D eigenvalue weighted by molar-refractivity contribution is 9.10. The Morgan fingerprint density at radius 2 is 2.00 bits per heavy atom. The topological polar surface area (TPSA) is 51.1 Å². The first-order valence-electron chi connectivity index (χ1n) is 7.83. The van der Waals surface area contributed by atoms with E-state index in [1.165, 1.54) is 11.8 Å². The van der Waals surface area contributed by atoms with Crippen molar-refractivity contribution in [2.75, 3.05) is 11.1 Å². The Morgan fingerprint density at radius 3 is 2.73 bits per heavy atom. The van der Waals surface area contributed by atoms with Crippen LogP contribution < -0.4 is 10.9 Å². The monoisotopic (exact) mass is 450 g/mol. The van der Waals surface area contributed by atoms with Crippen LogP contribution in [0.5, 0.6) is 0 Å². The van der Waals surface area contributed by atoms with Crippen molar-refractivity contribution in [1.82, 2.24) is 4.57 Å². The summed E-state index contributed by atoms with van der Waals surface area (Å²) < 4.78 is 2.40. The van der Waals surface area contributed by atoms with Crippen LogP contribution in [0.1, 0.15) is 5.56 Å². The molecule has 4 nitrogen and oxygen atoms in total. The second-order valence-corrected chi connectivity index (χ2v) is 8.20. The highest BCUT2D eigenvalue weighted by Crippen LogP contribution is 2.29. The smallest absolute Gasteiger partial charge is 0.251 e. The summed E-state index contributed by atoms with van der Waals surface area (Å²) in [6, 6.07) is 12.6. The third-order valence-electron chi connectivity index (χ3n) is 3.93. The van der Waals surface area contributed by atoms with Crippen LogP contribution in [0, 0.1) is 6.92 Å². The van der Waals surface area contributed by atoms with E-state index >= 15 is 0 Å². The van der Waals surface area contributed by atoms with Crippen LogP contribution in [-0.4, -0.2) is 16.2 Å². The van der Waals surface area contributed by atoms with E-state index in [2.05, 4.69) is 21.2 Å².